The van der Waals surface area contributed by atoms with Crippen LogP contribution in [0.4, 0.5) is 0 Å². The van der Waals surface area contributed by atoms with E-state index in [0.717, 1.165) is 18.4 Å². The molecule has 7 heteroatoms. The second-order valence-electron chi connectivity index (χ2n) is 4.48. The third-order valence-corrected chi connectivity index (χ3v) is 2.95. The molecule has 0 aliphatic rings. The number of unbranched alkanes of at least 4 members (excludes halogenated alkanes) is 1. The fraction of sp³-hybridized carbons (Fsp3) is 0.385. The van der Waals surface area contributed by atoms with Gasteiger partial charge in [-0.1, -0.05) is 18.6 Å². The van der Waals surface area contributed by atoms with Crippen molar-refractivity contribution in [3.8, 4) is 0 Å². The maximum atomic E-state index is 12.0. The molecule has 2 aromatic rings. The van der Waals surface area contributed by atoms with Gasteiger partial charge >= 0.3 is 5.97 Å². The summed E-state index contributed by atoms with van der Waals surface area (Å²) in [6.45, 7) is 1.98. The highest BCUT2D eigenvalue weighted by atomic mass is 16.5. The molecule has 0 bridgehead atoms. The van der Waals surface area contributed by atoms with Crippen LogP contribution in [0.5, 0.6) is 0 Å². The van der Waals surface area contributed by atoms with E-state index in [0.29, 0.717) is 17.5 Å². The molecule has 3 N–H and O–H groups in total. The largest absolute Gasteiger partial charge is 0.449 e. The molecule has 1 atom stereocenters. The summed E-state index contributed by atoms with van der Waals surface area (Å²) in [5.74, 6) is -1.22. The zero-order valence-electron chi connectivity index (χ0n) is 11.1. The summed E-state index contributed by atoms with van der Waals surface area (Å²) in [5, 5.41) is 10.1. The maximum absolute atomic E-state index is 12.0. The van der Waals surface area contributed by atoms with E-state index in [9.17, 15) is 9.59 Å². The summed E-state index contributed by atoms with van der Waals surface area (Å²) in [6.07, 6.45) is 1.20. The Kier molecular flexibility index (Phi) is 4.29. The van der Waals surface area contributed by atoms with Crippen LogP contribution in [-0.2, 0) is 9.53 Å². The Morgan fingerprint density at radius 1 is 1.45 bits per heavy atom. The minimum Gasteiger partial charge on any atom is -0.449 e. The molecule has 20 heavy (non-hydrogen) atoms. The van der Waals surface area contributed by atoms with Crippen LogP contribution >= 0.6 is 0 Å². The molecule has 0 saturated carbocycles. The number of H-pyrrole nitrogens is 1. The number of carbonyl (C=O) groups excluding carboxylic acids is 2. The van der Waals surface area contributed by atoms with Crippen LogP contribution in [0.15, 0.2) is 18.2 Å². The molecule has 0 aliphatic carbocycles. The molecule has 1 heterocycles. The number of nitrogens with one attached hydrogen (secondary N) is 1. The number of aromatic amines is 1. The van der Waals surface area contributed by atoms with Gasteiger partial charge in [-0.25, -0.2) is 4.79 Å². The normalized spacial score (nSPS) is 12.2. The molecular formula is C13H16N4O3. The number of rotatable bonds is 6. The molecule has 1 unspecified atom stereocenters. The average Bonchev–Trinajstić information content (AvgIpc) is 2.90. The van der Waals surface area contributed by atoms with E-state index in [1.807, 2.05) is 6.92 Å². The van der Waals surface area contributed by atoms with Crippen molar-refractivity contribution in [2.24, 2.45) is 5.73 Å². The Hall–Kier alpha value is -2.44. The first-order valence-electron chi connectivity index (χ1n) is 6.43. The molecule has 1 aromatic carbocycles. The third kappa shape index (κ3) is 3.11. The van der Waals surface area contributed by atoms with Gasteiger partial charge in [0.05, 0.1) is 11.1 Å². The van der Waals surface area contributed by atoms with Crippen LogP contribution in [-0.4, -0.2) is 33.4 Å². The Bertz CT molecular complexity index is 623. The van der Waals surface area contributed by atoms with Gasteiger partial charge in [0.2, 0.25) is 0 Å². The van der Waals surface area contributed by atoms with Crippen molar-refractivity contribution in [3.05, 3.63) is 23.8 Å². The number of carbonyl (C=O) groups is 2. The molecule has 2 rings (SSSR count). The van der Waals surface area contributed by atoms with E-state index in [4.69, 9.17) is 10.5 Å². The maximum Gasteiger partial charge on any atom is 0.338 e. The number of aromatic nitrogens is 3. The van der Waals surface area contributed by atoms with Crippen LogP contribution < -0.4 is 5.73 Å². The van der Waals surface area contributed by atoms with Gasteiger partial charge in [0, 0.05) is 0 Å². The summed E-state index contributed by atoms with van der Waals surface area (Å²) in [5.41, 5.74) is 6.83. The summed E-state index contributed by atoms with van der Waals surface area (Å²) in [6, 6.07) is 4.82. The number of nitrogens with zero attached hydrogens (tertiary/aromatic N) is 2. The van der Waals surface area contributed by atoms with E-state index in [2.05, 4.69) is 15.4 Å². The van der Waals surface area contributed by atoms with Crippen molar-refractivity contribution < 1.29 is 14.3 Å². The minimum atomic E-state index is -0.893. The smallest absolute Gasteiger partial charge is 0.338 e. The number of hydrogen-bond donors (Lipinski definition) is 2. The average molecular weight is 276 g/mol. The standard InChI is InChI=1S/C13H16N4O3/c1-2-3-4-11(12(14)18)20-13(19)8-5-6-9-10(7-8)16-17-15-9/h5-7,11H,2-4H2,1H3,(H2,14,18)(H,15,16,17). The van der Waals surface area contributed by atoms with Gasteiger partial charge in [0.15, 0.2) is 6.10 Å². The quantitative estimate of drug-likeness (QED) is 0.769. The first-order chi connectivity index (χ1) is 9.61. The highest BCUT2D eigenvalue weighted by Crippen LogP contribution is 2.14. The van der Waals surface area contributed by atoms with Crippen molar-refractivity contribution in [1.29, 1.82) is 0 Å². The minimum absolute atomic E-state index is 0.314. The molecule has 0 aliphatic heterocycles. The zero-order valence-corrected chi connectivity index (χ0v) is 11.1. The second kappa shape index (κ2) is 6.14. The van der Waals surface area contributed by atoms with Crippen LogP contribution in [0.2, 0.25) is 0 Å². The fourth-order valence-corrected chi connectivity index (χ4v) is 1.81. The van der Waals surface area contributed by atoms with Crippen molar-refractivity contribution in [2.75, 3.05) is 0 Å². The summed E-state index contributed by atoms with van der Waals surface area (Å²) >= 11 is 0. The lowest BCUT2D eigenvalue weighted by Crippen LogP contribution is -2.33. The molecule has 0 radical (unpaired) electrons. The molecular weight excluding hydrogens is 260 g/mol. The van der Waals surface area contributed by atoms with E-state index >= 15 is 0 Å². The monoisotopic (exact) mass is 276 g/mol. The van der Waals surface area contributed by atoms with Gasteiger partial charge in [-0.05, 0) is 31.0 Å². The van der Waals surface area contributed by atoms with Crippen molar-refractivity contribution in [1.82, 2.24) is 15.4 Å². The van der Waals surface area contributed by atoms with Crippen molar-refractivity contribution in [2.45, 2.75) is 32.3 Å². The number of fused-ring (bicyclic) bond motifs is 1. The molecule has 106 valence electrons. The number of ether oxygens (including phenoxy) is 1. The molecule has 0 fully saturated rings. The fourth-order valence-electron chi connectivity index (χ4n) is 1.81. The van der Waals surface area contributed by atoms with Crippen LogP contribution in [0.25, 0.3) is 11.0 Å². The number of benzene rings is 1. The Balaban J connectivity index is 2.10. The zero-order chi connectivity index (χ0) is 14.5. The molecule has 7 nitrogen and oxygen atoms in total. The Morgan fingerprint density at radius 2 is 2.25 bits per heavy atom. The molecule has 0 spiro atoms. The lowest BCUT2D eigenvalue weighted by molar-refractivity contribution is -0.127. The predicted octanol–water partition coefficient (Wildman–Crippen LogP) is 1.16. The van der Waals surface area contributed by atoms with Crippen molar-refractivity contribution >= 4 is 22.9 Å². The topological polar surface area (TPSA) is 111 Å². The molecule has 0 saturated heterocycles. The van der Waals surface area contributed by atoms with Gasteiger partial charge in [0.25, 0.3) is 5.91 Å². The van der Waals surface area contributed by atoms with E-state index in [-0.39, 0.29) is 0 Å². The summed E-state index contributed by atoms with van der Waals surface area (Å²) < 4.78 is 5.15. The number of nitrogens with two attached hydrogens (primary N) is 1. The number of amides is 1. The molecule has 1 amide bonds. The highest BCUT2D eigenvalue weighted by molar-refractivity contribution is 5.95. The number of hydrogen-bond acceptors (Lipinski definition) is 5. The SMILES string of the molecule is CCCCC(OC(=O)c1ccc2[nH]nnc2c1)C(N)=O. The first-order valence-corrected chi connectivity index (χ1v) is 6.43. The number of esters is 1. The van der Waals surface area contributed by atoms with Gasteiger partial charge in [-0.3, -0.25) is 9.89 Å². The lowest BCUT2D eigenvalue weighted by Gasteiger charge is -2.14. The van der Waals surface area contributed by atoms with E-state index in [1.54, 1.807) is 18.2 Å². The number of primary amides is 1. The van der Waals surface area contributed by atoms with Crippen LogP contribution in [0, 0.1) is 0 Å². The predicted molar refractivity (Wildman–Crippen MR) is 71.8 cm³/mol. The first kappa shape index (κ1) is 14.0. The summed E-state index contributed by atoms with van der Waals surface area (Å²) in [7, 11) is 0. The van der Waals surface area contributed by atoms with Gasteiger partial charge < -0.3 is 10.5 Å². The van der Waals surface area contributed by atoms with Gasteiger partial charge in [-0.2, -0.15) is 0 Å². The van der Waals surface area contributed by atoms with Crippen LogP contribution in [0.3, 0.4) is 0 Å². The third-order valence-electron chi connectivity index (χ3n) is 2.95. The Labute approximate surface area is 115 Å². The van der Waals surface area contributed by atoms with Crippen molar-refractivity contribution in [3.63, 3.8) is 0 Å². The van der Waals surface area contributed by atoms with Gasteiger partial charge in [0.1, 0.15) is 5.52 Å². The van der Waals surface area contributed by atoms with Crippen LogP contribution in [0.1, 0.15) is 36.5 Å². The van der Waals surface area contributed by atoms with E-state index < -0.39 is 18.0 Å². The highest BCUT2D eigenvalue weighted by Gasteiger charge is 2.21. The second-order valence-corrected chi connectivity index (χ2v) is 4.48. The Morgan fingerprint density at radius 3 is 2.95 bits per heavy atom. The molecule has 1 aromatic heterocycles. The summed E-state index contributed by atoms with van der Waals surface area (Å²) in [4.78, 5) is 23.3. The van der Waals surface area contributed by atoms with E-state index in [1.165, 1.54) is 0 Å². The lowest BCUT2D eigenvalue weighted by atomic mass is 10.1. The van der Waals surface area contributed by atoms with Gasteiger partial charge in [-0.15, -0.1) is 5.10 Å².